The van der Waals surface area contributed by atoms with E-state index >= 15 is 0 Å². The van der Waals surface area contributed by atoms with Gasteiger partial charge >= 0.3 is 0 Å². The van der Waals surface area contributed by atoms with Crippen LogP contribution < -0.4 is 0 Å². The summed E-state index contributed by atoms with van der Waals surface area (Å²) in [6, 6.07) is 0. The van der Waals surface area contributed by atoms with E-state index in [-0.39, 0.29) is 19.0 Å². The Kier molecular flexibility index (Phi) is 17.0. The van der Waals surface area contributed by atoms with Crippen molar-refractivity contribution in [2.24, 2.45) is 0 Å². The first kappa shape index (κ1) is 23.1. The molecule has 0 aliphatic rings. The van der Waals surface area contributed by atoms with Gasteiger partial charge < -0.3 is 18.8 Å². The van der Waals surface area contributed by atoms with Crippen LogP contribution in [0.2, 0.25) is 0 Å². The van der Waals surface area contributed by atoms with Crippen LogP contribution in [0.4, 0.5) is 0 Å². The zero-order chi connectivity index (χ0) is 17.2. The summed E-state index contributed by atoms with van der Waals surface area (Å²) < 4.78 is 29.8. The molecule has 0 aliphatic carbocycles. The summed E-state index contributed by atoms with van der Waals surface area (Å²) in [5.41, 5.74) is 0. The van der Waals surface area contributed by atoms with Gasteiger partial charge in [-0.3, -0.25) is 0 Å². The Morgan fingerprint density at radius 3 is 1.13 bits per heavy atom. The molecule has 23 heavy (non-hydrogen) atoms. The third-order valence-electron chi connectivity index (χ3n) is 3.66. The highest BCUT2D eigenvalue weighted by molar-refractivity contribution is 7.63. The van der Waals surface area contributed by atoms with Crippen LogP contribution in [0.1, 0.15) is 78.6 Å². The molecule has 0 bridgehead atoms. The normalized spacial score (nSPS) is 12.0. The Balaban J connectivity index is 4.03. The number of hydrogen-bond acceptors (Lipinski definition) is 4. The molecule has 0 aromatic rings. The molecule has 0 N–H and O–H groups in total. The summed E-state index contributed by atoms with van der Waals surface area (Å²) in [6.07, 6.45) is 10.9. The van der Waals surface area contributed by atoms with E-state index in [9.17, 15) is 4.57 Å². The van der Waals surface area contributed by atoms with Crippen molar-refractivity contribution in [1.82, 2.24) is 0 Å². The van der Waals surface area contributed by atoms with E-state index in [0.29, 0.717) is 19.8 Å². The summed E-state index contributed by atoms with van der Waals surface area (Å²) in [5.74, 6) is 0. The van der Waals surface area contributed by atoms with Crippen molar-refractivity contribution < 1.29 is 18.8 Å². The quantitative estimate of drug-likeness (QED) is 0.230. The summed E-state index contributed by atoms with van der Waals surface area (Å²) in [4.78, 5) is 0. The van der Waals surface area contributed by atoms with Crippen LogP contribution in [0.15, 0.2) is 0 Å². The summed E-state index contributed by atoms with van der Waals surface area (Å²) in [7, 11) is -2.53. The molecule has 0 rings (SSSR count). The Morgan fingerprint density at radius 2 is 0.870 bits per heavy atom. The fraction of sp³-hybridized carbons (Fsp3) is 1.00. The van der Waals surface area contributed by atoms with Gasteiger partial charge in [-0.2, -0.15) is 0 Å². The zero-order valence-corrected chi connectivity index (χ0v) is 16.6. The van der Waals surface area contributed by atoms with Crippen LogP contribution in [0.5, 0.6) is 0 Å². The van der Waals surface area contributed by atoms with Crippen molar-refractivity contribution >= 4 is 7.14 Å². The Hall–Kier alpha value is 0.110. The fourth-order valence-corrected chi connectivity index (χ4v) is 3.78. The maximum Gasteiger partial charge on any atom is 0.160 e. The average Bonchev–Trinajstić information content (AvgIpc) is 2.54. The number of ether oxygens (including phenoxy) is 3. The van der Waals surface area contributed by atoms with Crippen molar-refractivity contribution in [3.63, 3.8) is 0 Å². The summed E-state index contributed by atoms with van der Waals surface area (Å²) in [6.45, 7) is 8.55. The topological polar surface area (TPSA) is 44.8 Å². The maximum atomic E-state index is 12.9. The molecule has 0 saturated heterocycles. The molecule has 0 spiro atoms. The van der Waals surface area contributed by atoms with Gasteiger partial charge in [-0.15, -0.1) is 0 Å². The number of unbranched alkanes of at least 4 members (excludes halogenated alkanes) is 6. The van der Waals surface area contributed by atoms with Crippen molar-refractivity contribution in [3.8, 4) is 0 Å². The van der Waals surface area contributed by atoms with E-state index in [0.717, 1.165) is 38.5 Å². The first-order chi connectivity index (χ1) is 11.2. The van der Waals surface area contributed by atoms with Crippen LogP contribution in [0.3, 0.4) is 0 Å². The highest BCUT2D eigenvalue weighted by Crippen LogP contribution is 2.45. The SMILES string of the molecule is CCCCCOCP(=O)(COCCCCC)COCCCCC. The van der Waals surface area contributed by atoms with Gasteiger partial charge in [0.25, 0.3) is 0 Å². The van der Waals surface area contributed by atoms with Crippen LogP contribution in [0, 0.1) is 0 Å². The van der Waals surface area contributed by atoms with Gasteiger partial charge in [0.2, 0.25) is 0 Å². The molecule has 0 atom stereocenters. The Bertz CT molecular complexity index is 241. The molecule has 5 heteroatoms. The second-order valence-electron chi connectivity index (χ2n) is 6.29. The van der Waals surface area contributed by atoms with Gasteiger partial charge in [0, 0.05) is 19.8 Å². The van der Waals surface area contributed by atoms with Crippen molar-refractivity contribution in [2.75, 3.05) is 38.9 Å². The highest BCUT2D eigenvalue weighted by Gasteiger charge is 2.23. The molecule has 0 radical (unpaired) electrons. The van der Waals surface area contributed by atoms with Crippen LogP contribution >= 0.6 is 7.14 Å². The zero-order valence-electron chi connectivity index (χ0n) is 15.7. The highest BCUT2D eigenvalue weighted by atomic mass is 31.2. The molecule has 0 aromatic carbocycles. The van der Waals surface area contributed by atoms with Gasteiger partial charge in [-0.05, 0) is 19.3 Å². The van der Waals surface area contributed by atoms with E-state index in [4.69, 9.17) is 14.2 Å². The molecule has 0 aromatic heterocycles. The van der Waals surface area contributed by atoms with Gasteiger partial charge in [0.05, 0.1) is 0 Å². The second-order valence-corrected chi connectivity index (χ2v) is 9.18. The minimum atomic E-state index is -2.53. The second kappa shape index (κ2) is 17.0. The van der Waals surface area contributed by atoms with Crippen LogP contribution in [0.25, 0.3) is 0 Å². The van der Waals surface area contributed by atoms with Crippen molar-refractivity contribution in [1.29, 1.82) is 0 Å². The third kappa shape index (κ3) is 15.4. The summed E-state index contributed by atoms with van der Waals surface area (Å²) in [5, 5.41) is 0. The van der Waals surface area contributed by atoms with Gasteiger partial charge in [-0.1, -0.05) is 59.3 Å². The maximum absolute atomic E-state index is 12.9. The molecule has 0 amide bonds. The lowest BCUT2D eigenvalue weighted by molar-refractivity contribution is 0.131. The minimum Gasteiger partial charge on any atom is -0.374 e. The van der Waals surface area contributed by atoms with Crippen LogP contribution in [-0.4, -0.2) is 38.9 Å². The molecule has 140 valence electrons. The summed E-state index contributed by atoms with van der Waals surface area (Å²) >= 11 is 0. The Labute approximate surface area is 144 Å². The third-order valence-corrected chi connectivity index (χ3v) is 5.62. The first-order valence-corrected chi connectivity index (χ1v) is 11.7. The molecule has 0 heterocycles. The lowest BCUT2D eigenvalue weighted by Crippen LogP contribution is -2.10. The number of hydrogen-bond donors (Lipinski definition) is 0. The lowest BCUT2D eigenvalue weighted by atomic mass is 10.3. The standard InChI is InChI=1S/C18H39O4P/c1-4-7-10-13-20-16-23(19,17-21-14-11-8-5-2)18-22-15-12-9-6-3/h4-18H2,1-3H3. The van der Waals surface area contributed by atoms with E-state index in [1.807, 2.05) is 0 Å². The average molecular weight is 350 g/mol. The first-order valence-electron chi connectivity index (χ1n) is 9.48. The van der Waals surface area contributed by atoms with E-state index in [2.05, 4.69) is 20.8 Å². The molecule has 0 unspecified atom stereocenters. The van der Waals surface area contributed by atoms with Gasteiger partial charge in [-0.25, -0.2) is 0 Å². The van der Waals surface area contributed by atoms with E-state index < -0.39 is 7.14 Å². The van der Waals surface area contributed by atoms with Crippen LogP contribution in [-0.2, 0) is 18.8 Å². The smallest absolute Gasteiger partial charge is 0.160 e. The predicted molar refractivity (Wildman–Crippen MR) is 98.6 cm³/mol. The van der Waals surface area contributed by atoms with Crippen molar-refractivity contribution in [3.05, 3.63) is 0 Å². The van der Waals surface area contributed by atoms with E-state index in [1.54, 1.807) is 0 Å². The largest absolute Gasteiger partial charge is 0.374 e. The molecule has 4 nitrogen and oxygen atoms in total. The number of rotatable bonds is 18. The minimum absolute atomic E-state index is 0.290. The van der Waals surface area contributed by atoms with Gasteiger partial charge in [0.1, 0.15) is 19.0 Å². The Morgan fingerprint density at radius 1 is 0.565 bits per heavy atom. The fourth-order valence-electron chi connectivity index (χ4n) is 2.17. The van der Waals surface area contributed by atoms with Crippen molar-refractivity contribution in [2.45, 2.75) is 78.6 Å². The van der Waals surface area contributed by atoms with Gasteiger partial charge in [0.15, 0.2) is 7.14 Å². The monoisotopic (exact) mass is 350 g/mol. The molecule has 0 aliphatic heterocycles. The molecule has 0 fully saturated rings. The molecular weight excluding hydrogens is 311 g/mol. The van der Waals surface area contributed by atoms with E-state index in [1.165, 1.54) is 19.3 Å². The molecular formula is C18H39O4P. The lowest BCUT2D eigenvalue weighted by Gasteiger charge is -2.19. The molecule has 0 saturated carbocycles. The predicted octanol–water partition coefficient (Wildman–Crippen LogP) is 5.84.